The second kappa shape index (κ2) is 5.31. The molecule has 96 valence electrons. The van der Waals surface area contributed by atoms with Gasteiger partial charge in [0, 0.05) is 35.1 Å². The first-order valence-corrected chi connectivity index (χ1v) is 6.69. The van der Waals surface area contributed by atoms with Gasteiger partial charge in [-0.25, -0.2) is 0 Å². The molecule has 4 heteroatoms. The zero-order valence-electron chi connectivity index (χ0n) is 10.1. The van der Waals surface area contributed by atoms with Gasteiger partial charge in [-0.1, -0.05) is 17.7 Å². The highest BCUT2D eigenvalue weighted by molar-refractivity contribution is 6.35. The summed E-state index contributed by atoms with van der Waals surface area (Å²) >= 11 is 6.16. The number of rotatable bonds is 3. The van der Waals surface area contributed by atoms with E-state index in [1.54, 1.807) is 0 Å². The Kier molecular flexibility index (Phi) is 3.55. The number of aryl methyl sites for hydroxylation is 1. The normalized spacial score (nSPS) is 17.4. The molecule has 2 aromatic rings. The van der Waals surface area contributed by atoms with E-state index >= 15 is 0 Å². The van der Waals surface area contributed by atoms with Crippen molar-refractivity contribution in [2.75, 3.05) is 13.2 Å². The number of halogens is 1. The molecular formula is C14H16ClNO2. The Morgan fingerprint density at radius 2 is 2.06 bits per heavy atom. The molecule has 1 aliphatic rings. The molecule has 0 radical (unpaired) electrons. The zero-order chi connectivity index (χ0) is 12.4. The van der Waals surface area contributed by atoms with Crippen molar-refractivity contribution in [3.05, 3.63) is 35.5 Å². The van der Waals surface area contributed by atoms with Crippen molar-refractivity contribution in [1.82, 2.24) is 4.57 Å². The second-order valence-electron chi connectivity index (χ2n) is 4.50. The summed E-state index contributed by atoms with van der Waals surface area (Å²) in [5, 5.41) is 1.90. The summed E-state index contributed by atoms with van der Waals surface area (Å²) < 4.78 is 13.3. The van der Waals surface area contributed by atoms with Crippen LogP contribution < -0.4 is 0 Å². The zero-order valence-corrected chi connectivity index (χ0v) is 10.9. The van der Waals surface area contributed by atoms with E-state index in [2.05, 4.69) is 22.9 Å². The summed E-state index contributed by atoms with van der Waals surface area (Å²) in [6.45, 7) is 2.50. The Balaban J connectivity index is 1.72. The van der Waals surface area contributed by atoms with Crippen molar-refractivity contribution in [2.24, 2.45) is 0 Å². The lowest BCUT2D eigenvalue weighted by Gasteiger charge is -2.23. The molecular weight excluding hydrogens is 250 g/mol. The van der Waals surface area contributed by atoms with Crippen molar-refractivity contribution in [3.63, 3.8) is 0 Å². The minimum Gasteiger partial charge on any atom is -0.353 e. The van der Waals surface area contributed by atoms with Crippen LogP contribution in [0.5, 0.6) is 0 Å². The average molecular weight is 266 g/mol. The highest BCUT2D eigenvalue weighted by Gasteiger charge is 2.14. The molecule has 18 heavy (non-hydrogen) atoms. The summed E-state index contributed by atoms with van der Waals surface area (Å²) in [5.74, 6) is 0. The quantitative estimate of drug-likeness (QED) is 0.849. The van der Waals surface area contributed by atoms with E-state index in [0.29, 0.717) is 0 Å². The van der Waals surface area contributed by atoms with Crippen LogP contribution in [0.15, 0.2) is 30.5 Å². The van der Waals surface area contributed by atoms with Crippen LogP contribution in [0.25, 0.3) is 10.9 Å². The molecule has 3 rings (SSSR count). The van der Waals surface area contributed by atoms with Gasteiger partial charge in [0.2, 0.25) is 0 Å². The summed E-state index contributed by atoms with van der Waals surface area (Å²) in [4.78, 5) is 0. The van der Waals surface area contributed by atoms with Crippen molar-refractivity contribution >= 4 is 22.5 Å². The molecule has 0 spiro atoms. The maximum Gasteiger partial charge on any atom is 0.159 e. The summed E-state index contributed by atoms with van der Waals surface area (Å²) in [6.07, 6.45) is 3.88. The molecule has 0 aliphatic carbocycles. The molecule has 0 amide bonds. The van der Waals surface area contributed by atoms with Crippen LogP contribution in [-0.2, 0) is 16.0 Å². The van der Waals surface area contributed by atoms with E-state index in [1.807, 2.05) is 12.1 Å². The van der Waals surface area contributed by atoms with Crippen LogP contribution in [0, 0.1) is 0 Å². The van der Waals surface area contributed by atoms with E-state index in [4.69, 9.17) is 21.1 Å². The predicted octanol–water partition coefficient (Wildman–Crippen LogP) is 3.45. The first-order chi connectivity index (χ1) is 8.84. The number of ether oxygens (including phenoxy) is 2. The van der Waals surface area contributed by atoms with Gasteiger partial charge in [-0.3, -0.25) is 0 Å². The van der Waals surface area contributed by atoms with Gasteiger partial charge in [0.05, 0.1) is 13.2 Å². The topological polar surface area (TPSA) is 23.4 Å². The molecule has 0 N–H and O–H groups in total. The third-order valence-corrected chi connectivity index (χ3v) is 3.59. The molecule has 0 atom stereocenters. The molecule has 2 heterocycles. The number of hydrogen-bond donors (Lipinski definition) is 0. The third kappa shape index (κ3) is 2.39. The molecule has 1 fully saturated rings. The van der Waals surface area contributed by atoms with E-state index in [9.17, 15) is 0 Å². The van der Waals surface area contributed by atoms with Gasteiger partial charge in [0.25, 0.3) is 0 Å². The fraction of sp³-hybridized carbons (Fsp3) is 0.429. The molecule has 3 nitrogen and oxygen atoms in total. The van der Waals surface area contributed by atoms with Crippen LogP contribution in [0.1, 0.15) is 12.8 Å². The van der Waals surface area contributed by atoms with Crippen LogP contribution in [-0.4, -0.2) is 24.1 Å². The van der Waals surface area contributed by atoms with E-state index in [1.165, 1.54) is 5.52 Å². The van der Waals surface area contributed by atoms with Crippen molar-refractivity contribution < 1.29 is 9.47 Å². The Hall–Kier alpha value is -1.03. The number of nitrogens with zero attached hydrogens (tertiary/aromatic N) is 1. The number of aromatic nitrogens is 1. The van der Waals surface area contributed by atoms with Crippen LogP contribution in [0.4, 0.5) is 0 Å². The van der Waals surface area contributed by atoms with E-state index in [-0.39, 0.29) is 6.29 Å². The monoisotopic (exact) mass is 265 g/mol. The Morgan fingerprint density at radius 1 is 1.22 bits per heavy atom. The van der Waals surface area contributed by atoms with Crippen LogP contribution in [0.3, 0.4) is 0 Å². The van der Waals surface area contributed by atoms with Crippen LogP contribution >= 0.6 is 11.6 Å². The molecule has 1 saturated heterocycles. The summed E-state index contributed by atoms with van der Waals surface area (Å²) in [5.41, 5.74) is 1.17. The number of fused-ring (bicyclic) bond motifs is 1. The van der Waals surface area contributed by atoms with Crippen LogP contribution in [0.2, 0.25) is 5.02 Å². The molecule has 1 aromatic carbocycles. The first-order valence-electron chi connectivity index (χ1n) is 6.31. The molecule has 0 saturated carbocycles. The highest BCUT2D eigenvalue weighted by atomic mass is 35.5. The fourth-order valence-electron chi connectivity index (χ4n) is 2.33. The first kappa shape index (κ1) is 12.0. The Labute approximate surface area is 111 Å². The van der Waals surface area contributed by atoms with Gasteiger partial charge in [0.1, 0.15) is 0 Å². The SMILES string of the molecule is Clc1cccc2c1ccn2CCC1OCCCO1. The molecule has 1 aromatic heterocycles. The smallest absolute Gasteiger partial charge is 0.159 e. The second-order valence-corrected chi connectivity index (χ2v) is 4.90. The van der Waals surface area contributed by atoms with Gasteiger partial charge in [0.15, 0.2) is 6.29 Å². The lowest BCUT2D eigenvalue weighted by Crippen LogP contribution is -2.25. The lowest BCUT2D eigenvalue weighted by atomic mass is 10.2. The maximum atomic E-state index is 6.16. The van der Waals surface area contributed by atoms with E-state index < -0.39 is 0 Å². The summed E-state index contributed by atoms with van der Waals surface area (Å²) in [7, 11) is 0. The van der Waals surface area contributed by atoms with E-state index in [0.717, 1.165) is 43.0 Å². The minimum absolute atomic E-state index is 0.0598. The number of hydrogen-bond acceptors (Lipinski definition) is 2. The molecule has 0 bridgehead atoms. The Bertz CT molecular complexity index is 532. The largest absolute Gasteiger partial charge is 0.353 e. The van der Waals surface area contributed by atoms with Gasteiger partial charge in [-0.2, -0.15) is 0 Å². The number of benzene rings is 1. The fourth-order valence-corrected chi connectivity index (χ4v) is 2.56. The van der Waals surface area contributed by atoms with Gasteiger partial charge in [-0.05, 0) is 24.6 Å². The van der Waals surface area contributed by atoms with Crippen molar-refractivity contribution in [1.29, 1.82) is 0 Å². The lowest BCUT2D eigenvalue weighted by molar-refractivity contribution is -0.182. The molecule has 0 unspecified atom stereocenters. The van der Waals surface area contributed by atoms with Crippen molar-refractivity contribution in [2.45, 2.75) is 25.7 Å². The highest BCUT2D eigenvalue weighted by Crippen LogP contribution is 2.24. The van der Waals surface area contributed by atoms with Gasteiger partial charge >= 0.3 is 0 Å². The van der Waals surface area contributed by atoms with Gasteiger partial charge < -0.3 is 14.0 Å². The maximum absolute atomic E-state index is 6.16. The minimum atomic E-state index is -0.0598. The van der Waals surface area contributed by atoms with Gasteiger partial charge in [-0.15, -0.1) is 0 Å². The molecule has 1 aliphatic heterocycles. The average Bonchev–Trinajstić information content (AvgIpc) is 2.82. The predicted molar refractivity (Wildman–Crippen MR) is 71.9 cm³/mol. The standard InChI is InChI=1S/C14H16ClNO2/c15-12-3-1-4-13-11(12)5-7-16(13)8-6-14-17-9-2-10-18-14/h1,3-5,7,14H,2,6,8-10H2. The third-order valence-electron chi connectivity index (χ3n) is 3.26. The van der Waals surface area contributed by atoms with Crippen molar-refractivity contribution in [3.8, 4) is 0 Å². The summed E-state index contributed by atoms with van der Waals surface area (Å²) in [6, 6.07) is 8.04. The Morgan fingerprint density at radius 3 is 2.89 bits per heavy atom.